The van der Waals surface area contributed by atoms with Gasteiger partial charge in [0.1, 0.15) is 0 Å². The maximum absolute atomic E-state index is 4.34. The number of nitrogens with zero attached hydrogens (tertiary/aromatic N) is 2. The Kier molecular flexibility index (Phi) is 4.77. The average molecular weight is 277 g/mol. The van der Waals surface area contributed by atoms with Crippen LogP contribution in [0.15, 0.2) is 18.5 Å². The molecule has 0 aliphatic carbocycles. The normalized spacial score (nSPS) is 11.4. The van der Waals surface area contributed by atoms with Crippen molar-refractivity contribution >= 4 is 11.3 Å². The lowest BCUT2D eigenvalue weighted by atomic mass is 10.2. The minimum Gasteiger partial charge on any atom is -0.329 e. The van der Waals surface area contributed by atoms with Crippen LogP contribution in [0.25, 0.3) is 0 Å². The van der Waals surface area contributed by atoms with Crippen molar-refractivity contribution in [3.05, 3.63) is 39.6 Å². The molecule has 0 atom stereocenters. The molecule has 2 rings (SSSR count). The number of thiophene rings is 1. The summed E-state index contributed by atoms with van der Waals surface area (Å²) in [6.07, 6.45) is 1.93. The predicted octanol–water partition coefficient (Wildman–Crippen LogP) is 3.36. The summed E-state index contributed by atoms with van der Waals surface area (Å²) < 4.78 is 2.21. The van der Waals surface area contributed by atoms with E-state index in [0.29, 0.717) is 5.92 Å². The Labute approximate surface area is 119 Å². The van der Waals surface area contributed by atoms with Gasteiger partial charge >= 0.3 is 0 Å². The molecule has 0 fully saturated rings. The third-order valence-corrected chi connectivity index (χ3v) is 4.31. The van der Waals surface area contributed by atoms with E-state index in [-0.39, 0.29) is 0 Å². The van der Waals surface area contributed by atoms with Crippen LogP contribution >= 0.6 is 11.3 Å². The highest BCUT2D eigenvalue weighted by Crippen LogP contribution is 2.18. The Morgan fingerprint density at radius 3 is 2.63 bits per heavy atom. The first kappa shape index (κ1) is 14.3. The van der Waals surface area contributed by atoms with Crippen LogP contribution in [0, 0.1) is 19.8 Å². The van der Waals surface area contributed by atoms with E-state index in [9.17, 15) is 0 Å². The van der Waals surface area contributed by atoms with Crippen LogP contribution in [-0.4, -0.2) is 16.1 Å². The third-order valence-electron chi connectivity index (χ3n) is 3.24. The summed E-state index contributed by atoms with van der Waals surface area (Å²) in [4.78, 5) is 7.14. The molecule has 0 aliphatic rings. The number of hydrogen-bond acceptors (Lipinski definition) is 3. The molecule has 0 saturated carbocycles. The second-order valence-electron chi connectivity index (χ2n) is 5.44. The van der Waals surface area contributed by atoms with Gasteiger partial charge < -0.3 is 9.88 Å². The number of aryl methyl sites for hydroxylation is 1. The second-order valence-corrected chi connectivity index (χ2v) is 6.69. The van der Waals surface area contributed by atoms with E-state index in [1.165, 1.54) is 15.4 Å². The van der Waals surface area contributed by atoms with Gasteiger partial charge in [-0.3, -0.25) is 0 Å². The Balaban J connectivity index is 1.92. The number of aromatic nitrogens is 2. The molecule has 2 aromatic heterocycles. The summed E-state index contributed by atoms with van der Waals surface area (Å²) in [6, 6.07) is 4.46. The highest BCUT2D eigenvalue weighted by molar-refractivity contribution is 7.11. The number of nitrogens with one attached hydrogen (secondary N) is 1. The smallest absolute Gasteiger partial charge is 0.0954 e. The molecule has 0 spiro atoms. The Morgan fingerprint density at radius 2 is 2.00 bits per heavy atom. The predicted molar refractivity (Wildman–Crippen MR) is 81.7 cm³/mol. The standard InChI is InChI=1S/C15H23N3S/c1-11(2)7-16-8-14-5-6-15(19-14)9-18-10-17-12(3)13(18)4/h5-6,10-11,16H,7-9H2,1-4H3. The van der Waals surface area contributed by atoms with Gasteiger partial charge in [-0.1, -0.05) is 13.8 Å². The maximum Gasteiger partial charge on any atom is 0.0954 e. The molecular weight excluding hydrogens is 254 g/mol. The fourth-order valence-corrected chi connectivity index (χ4v) is 2.94. The van der Waals surface area contributed by atoms with Crippen molar-refractivity contribution in [2.24, 2.45) is 5.92 Å². The van der Waals surface area contributed by atoms with Crippen LogP contribution in [0.4, 0.5) is 0 Å². The molecule has 0 amide bonds. The van der Waals surface area contributed by atoms with E-state index in [2.05, 4.69) is 54.7 Å². The molecule has 0 bridgehead atoms. The van der Waals surface area contributed by atoms with Gasteiger partial charge in [0, 0.05) is 22.0 Å². The van der Waals surface area contributed by atoms with Gasteiger partial charge in [0.15, 0.2) is 0 Å². The average Bonchev–Trinajstić information content (AvgIpc) is 2.91. The highest BCUT2D eigenvalue weighted by Gasteiger charge is 2.05. The van der Waals surface area contributed by atoms with Crippen molar-refractivity contribution < 1.29 is 0 Å². The Hall–Kier alpha value is -1.13. The van der Waals surface area contributed by atoms with Crippen LogP contribution in [0.3, 0.4) is 0 Å². The summed E-state index contributed by atoms with van der Waals surface area (Å²) in [5.74, 6) is 0.705. The lowest BCUT2D eigenvalue weighted by Crippen LogP contribution is -2.18. The number of hydrogen-bond donors (Lipinski definition) is 1. The van der Waals surface area contributed by atoms with E-state index in [1.54, 1.807) is 0 Å². The van der Waals surface area contributed by atoms with Crippen LogP contribution in [-0.2, 0) is 13.1 Å². The minimum atomic E-state index is 0.705. The fraction of sp³-hybridized carbons (Fsp3) is 0.533. The molecule has 2 aromatic rings. The van der Waals surface area contributed by atoms with Crippen molar-refractivity contribution in [3.8, 4) is 0 Å². The van der Waals surface area contributed by atoms with Crippen LogP contribution in [0.5, 0.6) is 0 Å². The Bertz CT molecular complexity index is 525. The van der Waals surface area contributed by atoms with Gasteiger partial charge in [-0.2, -0.15) is 0 Å². The lowest BCUT2D eigenvalue weighted by Gasteiger charge is -2.05. The molecule has 0 saturated heterocycles. The maximum atomic E-state index is 4.34. The molecule has 0 radical (unpaired) electrons. The third kappa shape index (κ3) is 3.91. The second kappa shape index (κ2) is 6.35. The van der Waals surface area contributed by atoms with Crippen LogP contribution in [0.1, 0.15) is 35.0 Å². The lowest BCUT2D eigenvalue weighted by molar-refractivity contribution is 0.555. The van der Waals surface area contributed by atoms with Crippen molar-refractivity contribution in [2.75, 3.05) is 6.54 Å². The molecular formula is C15H23N3S. The Morgan fingerprint density at radius 1 is 1.26 bits per heavy atom. The molecule has 4 heteroatoms. The number of rotatable bonds is 6. The highest BCUT2D eigenvalue weighted by atomic mass is 32.1. The van der Waals surface area contributed by atoms with Gasteiger partial charge in [0.2, 0.25) is 0 Å². The summed E-state index contributed by atoms with van der Waals surface area (Å²) in [5, 5.41) is 3.49. The molecule has 1 N–H and O–H groups in total. The van der Waals surface area contributed by atoms with E-state index in [0.717, 1.165) is 25.3 Å². The summed E-state index contributed by atoms with van der Waals surface area (Å²) in [6.45, 7) is 11.6. The van der Waals surface area contributed by atoms with E-state index in [4.69, 9.17) is 0 Å². The van der Waals surface area contributed by atoms with E-state index < -0.39 is 0 Å². The summed E-state index contributed by atoms with van der Waals surface area (Å²) in [5.41, 5.74) is 2.38. The van der Waals surface area contributed by atoms with Gasteiger partial charge in [-0.25, -0.2) is 4.98 Å². The van der Waals surface area contributed by atoms with E-state index in [1.807, 2.05) is 17.7 Å². The van der Waals surface area contributed by atoms with Crippen LogP contribution < -0.4 is 5.32 Å². The van der Waals surface area contributed by atoms with Gasteiger partial charge in [-0.15, -0.1) is 11.3 Å². The summed E-state index contributed by atoms with van der Waals surface area (Å²) >= 11 is 1.89. The van der Waals surface area contributed by atoms with Crippen molar-refractivity contribution in [1.29, 1.82) is 0 Å². The van der Waals surface area contributed by atoms with E-state index >= 15 is 0 Å². The zero-order valence-corrected chi connectivity index (χ0v) is 13.0. The van der Waals surface area contributed by atoms with Gasteiger partial charge in [0.25, 0.3) is 0 Å². The fourth-order valence-electron chi connectivity index (χ4n) is 1.96. The largest absolute Gasteiger partial charge is 0.329 e. The quantitative estimate of drug-likeness (QED) is 0.877. The molecule has 0 unspecified atom stereocenters. The molecule has 3 nitrogen and oxygen atoms in total. The first-order valence-corrected chi connectivity index (χ1v) is 7.64. The van der Waals surface area contributed by atoms with Gasteiger partial charge in [0.05, 0.1) is 18.6 Å². The molecule has 19 heavy (non-hydrogen) atoms. The topological polar surface area (TPSA) is 29.9 Å². The SMILES string of the molecule is Cc1ncn(Cc2ccc(CNCC(C)C)s2)c1C. The zero-order chi connectivity index (χ0) is 13.8. The number of imidazole rings is 1. The minimum absolute atomic E-state index is 0.705. The summed E-state index contributed by atoms with van der Waals surface area (Å²) in [7, 11) is 0. The van der Waals surface area contributed by atoms with Crippen molar-refractivity contribution in [3.63, 3.8) is 0 Å². The van der Waals surface area contributed by atoms with Gasteiger partial charge in [-0.05, 0) is 38.4 Å². The van der Waals surface area contributed by atoms with Crippen molar-refractivity contribution in [2.45, 2.75) is 40.8 Å². The van der Waals surface area contributed by atoms with Crippen molar-refractivity contribution in [1.82, 2.24) is 14.9 Å². The first-order valence-electron chi connectivity index (χ1n) is 6.83. The molecule has 0 aromatic carbocycles. The monoisotopic (exact) mass is 277 g/mol. The molecule has 0 aliphatic heterocycles. The van der Waals surface area contributed by atoms with Crippen LogP contribution in [0.2, 0.25) is 0 Å². The molecule has 2 heterocycles. The molecule has 104 valence electrons. The first-order chi connectivity index (χ1) is 9.06. The zero-order valence-electron chi connectivity index (χ0n) is 12.2.